The number of allylic oxidation sites excluding steroid dienone is 1. The Balaban J connectivity index is 0.00000529. The Kier molecular flexibility index (Phi) is 12.2. The molecule has 0 fully saturated rings. The van der Waals surface area contributed by atoms with Gasteiger partial charge in [-0.25, -0.2) is 0 Å². The third kappa shape index (κ3) is 8.39. The number of benzene rings is 1. The molecule has 1 N–H and O–H groups in total. The van der Waals surface area contributed by atoms with Gasteiger partial charge in [0, 0.05) is 12.5 Å². The average Bonchev–Trinajstić information content (AvgIpc) is 2.50. The Morgan fingerprint density at radius 3 is 2.50 bits per heavy atom. The Hall–Kier alpha value is -0.740. The summed E-state index contributed by atoms with van der Waals surface area (Å²) in [5.74, 6) is 0.209. The first kappa shape index (κ1) is 23.3. The van der Waals surface area contributed by atoms with Crippen molar-refractivity contribution in [3.8, 4) is 0 Å². The molecule has 1 atom stereocenters. The maximum atomic E-state index is 9.41. The molecule has 0 aliphatic heterocycles. The Labute approximate surface area is 161 Å². The number of hydrogen-bond donors (Lipinski definition) is 1. The molecule has 0 spiro atoms. The molecule has 1 aromatic rings. The summed E-state index contributed by atoms with van der Waals surface area (Å²) in [7, 11) is 4.06. The minimum Gasteiger partial charge on any atom is -0.411 e. The summed E-state index contributed by atoms with van der Waals surface area (Å²) in [5.41, 5.74) is 1.62. The van der Waals surface area contributed by atoms with Gasteiger partial charge in [0.25, 0.3) is 0 Å². The van der Waals surface area contributed by atoms with Crippen molar-refractivity contribution in [3.05, 3.63) is 39.9 Å². The van der Waals surface area contributed by atoms with Crippen molar-refractivity contribution in [2.24, 2.45) is 11.1 Å². The highest BCUT2D eigenvalue weighted by Gasteiger charge is 2.15. The van der Waals surface area contributed by atoms with E-state index in [1.165, 1.54) is 12.8 Å². The van der Waals surface area contributed by atoms with E-state index in [1.807, 2.05) is 32.3 Å². The monoisotopic (exact) mass is 392 g/mol. The summed E-state index contributed by atoms with van der Waals surface area (Å²) in [6, 6.07) is 5.45. The molecule has 0 radical (unpaired) electrons. The molecule has 1 unspecified atom stereocenters. The van der Waals surface area contributed by atoms with Gasteiger partial charge in [0.1, 0.15) is 0 Å². The fraction of sp³-hybridized carbons (Fsp3) is 0.500. The van der Waals surface area contributed by atoms with Gasteiger partial charge in [0.2, 0.25) is 0 Å². The summed E-state index contributed by atoms with van der Waals surface area (Å²) in [6.45, 7) is 3.04. The zero-order valence-corrected chi connectivity index (χ0v) is 16.8. The van der Waals surface area contributed by atoms with E-state index < -0.39 is 0 Å². The summed E-state index contributed by atoms with van der Waals surface area (Å²) in [4.78, 5) is 2.12. The number of oxime groups is 1. The van der Waals surface area contributed by atoms with Crippen LogP contribution in [0.15, 0.2) is 29.4 Å². The van der Waals surface area contributed by atoms with Crippen LogP contribution in [0.25, 0.3) is 6.08 Å². The number of unbranched alkanes of at least 4 members (excludes halogenated alkanes) is 2. The van der Waals surface area contributed by atoms with Crippen molar-refractivity contribution in [2.75, 3.05) is 20.6 Å². The highest BCUT2D eigenvalue weighted by molar-refractivity contribution is 6.42. The van der Waals surface area contributed by atoms with Gasteiger partial charge >= 0.3 is 0 Å². The second kappa shape index (κ2) is 12.6. The Morgan fingerprint density at radius 2 is 1.96 bits per heavy atom. The maximum absolute atomic E-state index is 9.41. The summed E-state index contributed by atoms with van der Waals surface area (Å²) in [6.07, 6.45) is 8.28. The molecule has 0 saturated heterocycles. The van der Waals surface area contributed by atoms with Crippen LogP contribution in [-0.4, -0.2) is 36.5 Å². The van der Waals surface area contributed by atoms with Crippen molar-refractivity contribution in [3.63, 3.8) is 0 Å². The van der Waals surface area contributed by atoms with Crippen LogP contribution in [0.1, 0.15) is 38.2 Å². The SMILES string of the molecule is CCCCCC(CN(C)C)C(/C=C/c1ccc(Cl)c(Cl)c1)=NO.Cl. The van der Waals surface area contributed by atoms with Gasteiger partial charge in [-0.2, -0.15) is 0 Å². The van der Waals surface area contributed by atoms with Gasteiger partial charge in [-0.3, -0.25) is 0 Å². The lowest BCUT2D eigenvalue weighted by molar-refractivity contribution is 0.305. The normalized spacial score (nSPS) is 13.3. The molecule has 0 aliphatic rings. The molecule has 0 heterocycles. The van der Waals surface area contributed by atoms with E-state index in [-0.39, 0.29) is 18.3 Å². The maximum Gasteiger partial charge on any atom is 0.0839 e. The molecule has 3 nitrogen and oxygen atoms in total. The number of halogens is 3. The molecule has 0 aromatic heterocycles. The van der Waals surface area contributed by atoms with Crippen LogP contribution in [-0.2, 0) is 0 Å². The predicted molar refractivity (Wildman–Crippen MR) is 108 cm³/mol. The van der Waals surface area contributed by atoms with Crippen LogP contribution in [0.3, 0.4) is 0 Å². The fourth-order valence-electron chi connectivity index (χ4n) is 2.46. The van der Waals surface area contributed by atoms with E-state index in [2.05, 4.69) is 17.0 Å². The summed E-state index contributed by atoms with van der Waals surface area (Å²) >= 11 is 12.0. The minimum atomic E-state index is 0. The topological polar surface area (TPSA) is 35.8 Å². The van der Waals surface area contributed by atoms with Crippen LogP contribution in [0, 0.1) is 5.92 Å². The molecule has 0 amide bonds. The van der Waals surface area contributed by atoms with Crippen molar-refractivity contribution >= 4 is 47.4 Å². The van der Waals surface area contributed by atoms with Gasteiger partial charge < -0.3 is 10.1 Å². The van der Waals surface area contributed by atoms with Crippen LogP contribution < -0.4 is 0 Å². The Morgan fingerprint density at radius 1 is 1.25 bits per heavy atom. The average molecular weight is 394 g/mol. The van der Waals surface area contributed by atoms with E-state index in [9.17, 15) is 5.21 Å². The predicted octanol–water partition coefficient (Wildman–Crippen LogP) is 6.02. The molecule has 136 valence electrons. The van der Waals surface area contributed by atoms with Crippen molar-refractivity contribution in [2.45, 2.75) is 32.6 Å². The van der Waals surface area contributed by atoms with Gasteiger partial charge in [0.15, 0.2) is 0 Å². The number of rotatable bonds is 9. The highest BCUT2D eigenvalue weighted by Crippen LogP contribution is 2.23. The zero-order valence-electron chi connectivity index (χ0n) is 14.5. The molecular weight excluding hydrogens is 367 g/mol. The second-order valence-electron chi connectivity index (χ2n) is 5.99. The van der Waals surface area contributed by atoms with Gasteiger partial charge in [-0.15, -0.1) is 12.4 Å². The fourth-order valence-corrected chi connectivity index (χ4v) is 2.77. The highest BCUT2D eigenvalue weighted by atomic mass is 35.5. The summed E-state index contributed by atoms with van der Waals surface area (Å²) in [5, 5.41) is 14.0. The van der Waals surface area contributed by atoms with Crippen molar-refractivity contribution in [1.29, 1.82) is 0 Å². The molecule has 6 heteroatoms. The molecule has 0 saturated carbocycles. The standard InChI is InChI=1S/C18H26Cl2N2O.ClH/c1-4-5-6-7-15(13-22(2)3)18(21-23)11-9-14-8-10-16(19)17(20)12-14;/h8-12,15,23H,4-7,13H2,1-3H3;1H/b11-9+,21-18?;. The van der Waals surface area contributed by atoms with E-state index in [1.54, 1.807) is 12.1 Å². The first-order chi connectivity index (χ1) is 11.0. The lowest BCUT2D eigenvalue weighted by Gasteiger charge is -2.20. The van der Waals surface area contributed by atoms with Crippen LogP contribution in [0.5, 0.6) is 0 Å². The Bertz CT molecular complexity index is 545. The van der Waals surface area contributed by atoms with Gasteiger partial charge in [-0.1, -0.05) is 66.7 Å². The van der Waals surface area contributed by atoms with Crippen LogP contribution in [0.2, 0.25) is 10.0 Å². The van der Waals surface area contributed by atoms with Crippen molar-refractivity contribution in [1.82, 2.24) is 4.90 Å². The van der Waals surface area contributed by atoms with E-state index >= 15 is 0 Å². The zero-order chi connectivity index (χ0) is 17.2. The lowest BCUT2D eigenvalue weighted by Crippen LogP contribution is -2.27. The van der Waals surface area contributed by atoms with Crippen LogP contribution in [0.4, 0.5) is 0 Å². The third-order valence-corrected chi connectivity index (χ3v) is 4.40. The number of hydrogen-bond acceptors (Lipinski definition) is 3. The van der Waals surface area contributed by atoms with E-state index in [0.29, 0.717) is 15.8 Å². The largest absolute Gasteiger partial charge is 0.411 e. The molecule has 1 rings (SSSR count). The quantitative estimate of drug-likeness (QED) is 0.241. The minimum absolute atomic E-state index is 0. The van der Waals surface area contributed by atoms with E-state index in [4.69, 9.17) is 23.2 Å². The molecule has 0 aliphatic carbocycles. The summed E-state index contributed by atoms with van der Waals surface area (Å²) < 4.78 is 0. The first-order valence-electron chi connectivity index (χ1n) is 7.97. The van der Waals surface area contributed by atoms with Gasteiger partial charge in [-0.05, 0) is 44.3 Å². The second-order valence-corrected chi connectivity index (χ2v) is 6.80. The van der Waals surface area contributed by atoms with Crippen molar-refractivity contribution < 1.29 is 5.21 Å². The molecule has 1 aromatic carbocycles. The molecular formula is C18H27Cl3N2O. The number of nitrogens with zero attached hydrogens (tertiary/aromatic N) is 2. The third-order valence-electron chi connectivity index (χ3n) is 3.67. The lowest BCUT2D eigenvalue weighted by atomic mass is 9.94. The molecule has 24 heavy (non-hydrogen) atoms. The first-order valence-corrected chi connectivity index (χ1v) is 8.73. The molecule has 0 bridgehead atoms. The van der Waals surface area contributed by atoms with Gasteiger partial charge in [0.05, 0.1) is 15.8 Å². The van der Waals surface area contributed by atoms with Crippen LogP contribution >= 0.6 is 35.6 Å². The smallest absolute Gasteiger partial charge is 0.0839 e. The van der Waals surface area contributed by atoms with E-state index in [0.717, 1.165) is 24.9 Å².